The molecular formula is C15H21NO2. The second-order valence-electron chi connectivity index (χ2n) is 4.85. The third-order valence-electron chi connectivity index (χ3n) is 3.28. The van der Waals surface area contributed by atoms with Crippen molar-refractivity contribution in [2.24, 2.45) is 0 Å². The zero-order chi connectivity index (χ0) is 12.8. The Morgan fingerprint density at radius 3 is 2.56 bits per heavy atom. The summed E-state index contributed by atoms with van der Waals surface area (Å²) in [5.74, 6) is 1.16. The molecule has 0 spiro atoms. The van der Waals surface area contributed by atoms with Crippen molar-refractivity contribution in [3.05, 3.63) is 29.8 Å². The first-order chi connectivity index (χ1) is 8.75. The standard InChI is InChI=1S/C15H21NO2/c1-13-6-8-14(9-7-13)18-12-4-5-15(17)16-10-2-3-11-16/h6-9H,2-5,10-12H2,1H3. The van der Waals surface area contributed by atoms with Crippen LogP contribution in [0.1, 0.15) is 31.2 Å². The third-order valence-corrected chi connectivity index (χ3v) is 3.28. The summed E-state index contributed by atoms with van der Waals surface area (Å²) in [7, 11) is 0. The first-order valence-corrected chi connectivity index (χ1v) is 6.73. The van der Waals surface area contributed by atoms with E-state index in [0.29, 0.717) is 13.0 Å². The Labute approximate surface area is 109 Å². The van der Waals surface area contributed by atoms with E-state index >= 15 is 0 Å². The Morgan fingerprint density at radius 2 is 1.89 bits per heavy atom. The van der Waals surface area contributed by atoms with Gasteiger partial charge in [-0.15, -0.1) is 0 Å². The predicted octanol–water partition coefficient (Wildman–Crippen LogP) is 2.78. The predicted molar refractivity (Wildman–Crippen MR) is 71.7 cm³/mol. The largest absolute Gasteiger partial charge is 0.494 e. The highest BCUT2D eigenvalue weighted by molar-refractivity contribution is 5.76. The van der Waals surface area contributed by atoms with Crippen LogP contribution in [0.4, 0.5) is 0 Å². The molecule has 1 amide bonds. The molecule has 2 rings (SSSR count). The summed E-state index contributed by atoms with van der Waals surface area (Å²) in [5.41, 5.74) is 1.23. The van der Waals surface area contributed by atoms with Gasteiger partial charge in [0.25, 0.3) is 0 Å². The van der Waals surface area contributed by atoms with E-state index in [9.17, 15) is 4.79 Å². The molecule has 0 saturated carbocycles. The fourth-order valence-corrected chi connectivity index (χ4v) is 2.17. The van der Waals surface area contributed by atoms with Crippen molar-refractivity contribution in [2.75, 3.05) is 19.7 Å². The summed E-state index contributed by atoms with van der Waals surface area (Å²) in [6.45, 7) is 4.55. The minimum absolute atomic E-state index is 0.278. The van der Waals surface area contributed by atoms with Gasteiger partial charge in [0, 0.05) is 19.5 Å². The number of ether oxygens (including phenoxy) is 1. The maximum Gasteiger partial charge on any atom is 0.222 e. The Kier molecular flexibility index (Phi) is 4.62. The van der Waals surface area contributed by atoms with Crippen molar-refractivity contribution >= 4 is 5.91 Å². The first-order valence-electron chi connectivity index (χ1n) is 6.73. The minimum atomic E-state index is 0.278. The molecule has 1 fully saturated rings. The zero-order valence-corrected chi connectivity index (χ0v) is 11.0. The van der Waals surface area contributed by atoms with Crippen LogP contribution in [0.25, 0.3) is 0 Å². The van der Waals surface area contributed by atoms with Gasteiger partial charge in [-0.2, -0.15) is 0 Å². The van der Waals surface area contributed by atoms with Gasteiger partial charge in [-0.3, -0.25) is 4.79 Å². The van der Waals surface area contributed by atoms with Crippen LogP contribution in [0.5, 0.6) is 5.75 Å². The second kappa shape index (κ2) is 6.43. The summed E-state index contributed by atoms with van der Waals surface area (Å²) in [6, 6.07) is 8.00. The van der Waals surface area contributed by atoms with E-state index in [1.807, 2.05) is 29.2 Å². The quantitative estimate of drug-likeness (QED) is 0.749. The van der Waals surface area contributed by atoms with Gasteiger partial charge in [-0.05, 0) is 38.3 Å². The molecule has 0 aromatic heterocycles. The number of nitrogens with zero attached hydrogens (tertiary/aromatic N) is 1. The average Bonchev–Trinajstić information content (AvgIpc) is 2.90. The van der Waals surface area contributed by atoms with Crippen LogP contribution in [0.2, 0.25) is 0 Å². The Bertz CT molecular complexity index is 380. The summed E-state index contributed by atoms with van der Waals surface area (Å²) in [6.07, 6.45) is 3.71. The molecule has 0 unspecified atom stereocenters. The van der Waals surface area contributed by atoms with Crippen molar-refractivity contribution in [3.8, 4) is 5.75 Å². The fraction of sp³-hybridized carbons (Fsp3) is 0.533. The molecule has 1 aliphatic heterocycles. The summed E-state index contributed by atoms with van der Waals surface area (Å²) >= 11 is 0. The number of rotatable bonds is 5. The van der Waals surface area contributed by atoms with E-state index in [1.54, 1.807) is 0 Å². The highest BCUT2D eigenvalue weighted by Crippen LogP contribution is 2.13. The summed E-state index contributed by atoms with van der Waals surface area (Å²) in [4.78, 5) is 13.7. The molecule has 3 heteroatoms. The van der Waals surface area contributed by atoms with Crippen LogP contribution >= 0.6 is 0 Å². The monoisotopic (exact) mass is 247 g/mol. The first kappa shape index (κ1) is 12.9. The molecule has 3 nitrogen and oxygen atoms in total. The molecule has 0 aliphatic carbocycles. The van der Waals surface area contributed by atoms with Crippen molar-refractivity contribution in [2.45, 2.75) is 32.6 Å². The molecular weight excluding hydrogens is 226 g/mol. The van der Waals surface area contributed by atoms with Crippen molar-refractivity contribution in [1.29, 1.82) is 0 Å². The van der Waals surface area contributed by atoms with E-state index in [4.69, 9.17) is 4.74 Å². The number of likely N-dealkylation sites (tertiary alicyclic amines) is 1. The van der Waals surface area contributed by atoms with Crippen LogP contribution in [0, 0.1) is 6.92 Å². The van der Waals surface area contributed by atoms with Gasteiger partial charge in [-0.1, -0.05) is 17.7 Å². The molecule has 1 aliphatic rings. The van der Waals surface area contributed by atoms with Gasteiger partial charge in [0.1, 0.15) is 5.75 Å². The van der Waals surface area contributed by atoms with Gasteiger partial charge in [-0.25, -0.2) is 0 Å². The van der Waals surface area contributed by atoms with E-state index < -0.39 is 0 Å². The van der Waals surface area contributed by atoms with Gasteiger partial charge in [0.15, 0.2) is 0 Å². The maximum absolute atomic E-state index is 11.8. The molecule has 0 N–H and O–H groups in total. The van der Waals surface area contributed by atoms with Crippen LogP contribution in [-0.4, -0.2) is 30.5 Å². The molecule has 0 bridgehead atoms. The molecule has 1 aromatic carbocycles. The van der Waals surface area contributed by atoms with Gasteiger partial charge in [0.2, 0.25) is 5.91 Å². The highest BCUT2D eigenvalue weighted by atomic mass is 16.5. The number of carbonyl (C=O) groups is 1. The van der Waals surface area contributed by atoms with Gasteiger partial charge >= 0.3 is 0 Å². The van der Waals surface area contributed by atoms with E-state index in [-0.39, 0.29) is 5.91 Å². The fourth-order valence-electron chi connectivity index (χ4n) is 2.17. The lowest BCUT2D eigenvalue weighted by Gasteiger charge is -2.15. The van der Waals surface area contributed by atoms with Crippen molar-refractivity contribution in [3.63, 3.8) is 0 Å². The lowest BCUT2D eigenvalue weighted by molar-refractivity contribution is -0.130. The average molecular weight is 247 g/mol. The number of hydrogen-bond donors (Lipinski definition) is 0. The zero-order valence-electron chi connectivity index (χ0n) is 11.0. The number of carbonyl (C=O) groups excluding carboxylic acids is 1. The summed E-state index contributed by atoms with van der Waals surface area (Å²) in [5, 5.41) is 0. The van der Waals surface area contributed by atoms with Crippen LogP contribution < -0.4 is 4.74 Å². The molecule has 1 aromatic rings. The molecule has 1 heterocycles. The topological polar surface area (TPSA) is 29.5 Å². The van der Waals surface area contributed by atoms with Crippen LogP contribution in [0.3, 0.4) is 0 Å². The van der Waals surface area contributed by atoms with E-state index in [0.717, 1.165) is 38.1 Å². The lowest BCUT2D eigenvalue weighted by atomic mass is 10.2. The Morgan fingerprint density at radius 1 is 1.22 bits per heavy atom. The van der Waals surface area contributed by atoms with Crippen molar-refractivity contribution in [1.82, 2.24) is 4.90 Å². The van der Waals surface area contributed by atoms with Crippen LogP contribution in [0.15, 0.2) is 24.3 Å². The summed E-state index contributed by atoms with van der Waals surface area (Å²) < 4.78 is 5.60. The molecule has 0 radical (unpaired) electrons. The number of amides is 1. The SMILES string of the molecule is Cc1ccc(OCCCC(=O)N2CCCC2)cc1. The van der Waals surface area contributed by atoms with Crippen molar-refractivity contribution < 1.29 is 9.53 Å². The normalized spacial score (nSPS) is 14.8. The molecule has 98 valence electrons. The number of hydrogen-bond acceptors (Lipinski definition) is 2. The van der Waals surface area contributed by atoms with Gasteiger partial charge in [0.05, 0.1) is 6.61 Å². The molecule has 1 saturated heterocycles. The highest BCUT2D eigenvalue weighted by Gasteiger charge is 2.16. The second-order valence-corrected chi connectivity index (χ2v) is 4.85. The van der Waals surface area contributed by atoms with Crippen LogP contribution in [-0.2, 0) is 4.79 Å². The van der Waals surface area contributed by atoms with Gasteiger partial charge < -0.3 is 9.64 Å². The van der Waals surface area contributed by atoms with E-state index in [2.05, 4.69) is 6.92 Å². The number of aryl methyl sites for hydroxylation is 1. The van der Waals surface area contributed by atoms with E-state index in [1.165, 1.54) is 5.56 Å². The number of benzene rings is 1. The molecule has 18 heavy (non-hydrogen) atoms. The third kappa shape index (κ3) is 3.76. The Hall–Kier alpha value is -1.51. The smallest absolute Gasteiger partial charge is 0.222 e. The minimum Gasteiger partial charge on any atom is -0.494 e. The Balaban J connectivity index is 1.63. The lowest BCUT2D eigenvalue weighted by Crippen LogP contribution is -2.27. The molecule has 0 atom stereocenters. The maximum atomic E-state index is 11.8.